The average Bonchev–Trinajstić information content (AvgIpc) is 2.36. The van der Waals surface area contributed by atoms with Crippen LogP contribution < -0.4 is 15.5 Å². The molecule has 1 aliphatic heterocycles. The summed E-state index contributed by atoms with van der Waals surface area (Å²) >= 11 is 0. The Morgan fingerprint density at radius 3 is 3.11 bits per heavy atom. The van der Waals surface area contributed by atoms with E-state index in [4.69, 9.17) is 5.11 Å². The lowest BCUT2D eigenvalue weighted by Gasteiger charge is -2.27. The van der Waals surface area contributed by atoms with E-state index in [-0.39, 0.29) is 19.2 Å². The second-order valence-electron chi connectivity index (χ2n) is 4.47. The van der Waals surface area contributed by atoms with Crippen molar-refractivity contribution in [2.24, 2.45) is 0 Å². The third-order valence-corrected chi connectivity index (χ3v) is 3.09. The number of fused-ring (bicyclic) bond motifs is 1. The van der Waals surface area contributed by atoms with Gasteiger partial charge in [-0.25, -0.2) is 4.79 Å². The molecule has 0 bridgehead atoms. The molecule has 1 aliphatic rings. The number of anilines is 2. The van der Waals surface area contributed by atoms with Gasteiger partial charge in [-0.1, -0.05) is 0 Å². The van der Waals surface area contributed by atoms with Gasteiger partial charge < -0.3 is 20.6 Å². The van der Waals surface area contributed by atoms with Crippen molar-refractivity contribution in [3.8, 4) is 0 Å². The van der Waals surface area contributed by atoms with Gasteiger partial charge in [0.05, 0.1) is 6.61 Å². The quantitative estimate of drug-likeness (QED) is 0.753. The molecular weight excluding hydrogens is 230 g/mol. The van der Waals surface area contributed by atoms with Crippen LogP contribution in [0, 0.1) is 0 Å². The van der Waals surface area contributed by atoms with Gasteiger partial charge in [0.1, 0.15) is 0 Å². The molecule has 0 unspecified atom stereocenters. The van der Waals surface area contributed by atoms with Crippen molar-refractivity contribution in [3.63, 3.8) is 0 Å². The molecule has 0 aromatic heterocycles. The van der Waals surface area contributed by atoms with Crippen LogP contribution in [-0.2, 0) is 6.42 Å². The minimum absolute atomic E-state index is 0.0532. The van der Waals surface area contributed by atoms with Gasteiger partial charge in [-0.2, -0.15) is 0 Å². The molecule has 1 heterocycles. The third-order valence-electron chi connectivity index (χ3n) is 3.09. The fourth-order valence-electron chi connectivity index (χ4n) is 2.21. The first-order valence-corrected chi connectivity index (χ1v) is 6.20. The molecule has 2 amide bonds. The van der Waals surface area contributed by atoms with E-state index in [0.717, 1.165) is 25.1 Å². The van der Waals surface area contributed by atoms with Crippen LogP contribution in [-0.4, -0.2) is 37.9 Å². The fourth-order valence-corrected chi connectivity index (χ4v) is 2.21. The van der Waals surface area contributed by atoms with E-state index in [1.54, 1.807) is 0 Å². The van der Waals surface area contributed by atoms with E-state index in [0.29, 0.717) is 0 Å². The molecule has 0 aliphatic carbocycles. The molecular formula is C13H19N3O2. The lowest BCUT2D eigenvalue weighted by Crippen LogP contribution is -2.31. The number of urea groups is 1. The minimum atomic E-state index is -0.284. The monoisotopic (exact) mass is 249 g/mol. The highest BCUT2D eigenvalue weighted by molar-refractivity contribution is 5.89. The van der Waals surface area contributed by atoms with E-state index in [1.807, 2.05) is 18.2 Å². The molecule has 0 saturated heterocycles. The summed E-state index contributed by atoms with van der Waals surface area (Å²) in [5, 5.41) is 13.9. The zero-order valence-electron chi connectivity index (χ0n) is 10.6. The first-order valence-electron chi connectivity index (χ1n) is 6.20. The summed E-state index contributed by atoms with van der Waals surface area (Å²) < 4.78 is 0. The zero-order valence-corrected chi connectivity index (χ0v) is 10.6. The van der Waals surface area contributed by atoms with Crippen molar-refractivity contribution in [1.29, 1.82) is 0 Å². The zero-order chi connectivity index (χ0) is 13.0. The van der Waals surface area contributed by atoms with Crippen molar-refractivity contribution in [2.45, 2.75) is 12.8 Å². The molecule has 18 heavy (non-hydrogen) atoms. The predicted molar refractivity (Wildman–Crippen MR) is 72.1 cm³/mol. The van der Waals surface area contributed by atoms with Crippen LogP contribution >= 0.6 is 0 Å². The average molecular weight is 249 g/mol. The number of nitrogens with zero attached hydrogens (tertiary/aromatic N) is 1. The molecule has 3 N–H and O–H groups in total. The molecule has 0 fully saturated rings. The van der Waals surface area contributed by atoms with Crippen molar-refractivity contribution in [1.82, 2.24) is 5.32 Å². The number of hydrogen-bond acceptors (Lipinski definition) is 3. The van der Waals surface area contributed by atoms with Gasteiger partial charge in [0.2, 0.25) is 0 Å². The molecule has 5 heteroatoms. The van der Waals surface area contributed by atoms with Crippen molar-refractivity contribution >= 4 is 17.4 Å². The Morgan fingerprint density at radius 2 is 2.33 bits per heavy atom. The van der Waals surface area contributed by atoms with Gasteiger partial charge in [-0.05, 0) is 36.6 Å². The van der Waals surface area contributed by atoms with Gasteiger partial charge >= 0.3 is 6.03 Å². The lowest BCUT2D eigenvalue weighted by atomic mass is 10.0. The SMILES string of the molecule is CN1CCCc2cc(NC(=O)NCCO)ccc21. The third kappa shape index (κ3) is 2.92. The molecule has 98 valence electrons. The highest BCUT2D eigenvalue weighted by atomic mass is 16.3. The fraction of sp³-hybridized carbons (Fsp3) is 0.462. The van der Waals surface area contributed by atoms with E-state index in [2.05, 4.69) is 22.6 Å². The van der Waals surface area contributed by atoms with Crippen molar-refractivity contribution < 1.29 is 9.90 Å². The lowest BCUT2D eigenvalue weighted by molar-refractivity contribution is 0.245. The Labute approximate surface area is 107 Å². The van der Waals surface area contributed by atoms with Gasteiger partial charge in [0, 0.05) is 31.5 Å². The maximum atomic E-state index is 11.5. The second-order valence-corrected chi connectivity index (χ2v) is 4.47. The van der Waals surface area contributed by atoms with E-state index in [9.17, 15) is 4.79 Å². The van der Waals surface area contributed by atoms with E-state index >= 15 is 0 Å². The summed E-state index contributed by atoms with van der Waals surface area (Å²) in [6, 6.07) is 5.67. The van der Waals surface area contributed by atoms with Crippen molar-refractivity contribution in [2.75, 3.05) is 37.0 Å². The Bertz CT molecular complexity index is 434. The number of benzene rings is 1. The second kappa shape index (κ2) is 5.73. The van der Waals surface area contributed by atoms with E-state index < -0.39 is 0 Å². The molecule has 1 aromatic carbocycles. The number of aryl methyl sites for hydroxylation is 1. The normalized spacial score (nSPS) is 14.0. The Hall–Kier alpha value is -1.75. The topological polar surface area (TPSA) is 64.6 Å². The summed E-state index contributed by atoms with van der Waals surface area (Å²) in [4.78, 5) is 13.7. The molecule has 0 saturated carbocycles. The van der Waals surface area contributed by atoms with Crippen LogP contribution in [0.4, 0.5) is 16.2 Å². The summed E-state index contributed by atoms with van der Waals surface area (Å²) in [6.07, 6.45) is 2.19. The van der Waals surface area contributed by atoms with Crippen LogP contribution in [0.15, 0.2) is 18.2 Å². The predicted octanol–water partition coefficient (Wildman–Crippen LogP) is 1.18. The largest absolute Gasteiger partial charge is 0.395 e. The van der Waals surface area contributed by atoms with Gasteiger partial charge in [-0.15, -0.1) is 0 Å². The summed E-state index contributed by atoms with van der Waals surface area (Å²) in [5.74, 6) is 0. The molecule has 0 atom stereocenters. The number of nitrogens with one attached hydrogen (secondary N) is 2. The number of carbonyl (C=O) groups is 1. The molecule has 0 spiro atoms. The standard InChI is InChI=1S/C13H19N3O2/c1-16-7-2-3-10-9-11(4-5-12(10)16)15-13(18)14-6-8-17/h4-5,9,17H,2-3,6-8H2,1H3,(H2,14,15,18). The van der Waals surface area contributed by atoms with Gasteiger partial charge in [0.25, 0.3) is 0 Å². The molecule has 0 radical (unpaired) electrons. The van der Waals surface area contributed by atoms with Gasteiger partial charge in [-0.3, -0.25) is 0 Å². The maximum Gasteiger partial charge on any atom is 0.319 e. The Kier molecular flexibility index (Phi) is 4.04. The number of carbonyl (C=O) groups excluding carboxylic acids is 1. The number of hydrogen-bond donors (Lipinski definition) is 3. The smallest absolute Gasteiger partial charge is 0.319 e. The maximum absolute atomic E-state index is 11.5. The molecule has 5 nitrogen and oxygen atoms in total. The summed E-state index contributed by atoms with van der Waals surface area (Å²) in [5.41, 5.74) is 3.30. The Morgan fingerprint density at radius 1 is 1.50 bits per heavy atom. The number of amides is 2. The summed E-state index contributed by atoms with van der Waals surface area (Å²) in [7, 11) is 2.08. The van der Waals surface area contributed by atoms with Gasteiger partial charge in [0.15, 0.2) is 0 Å². The van der Waals surface area contributed by atoms with Crippen LogP contribution in [0.5, 0.6) is 0 Å². The number of rotatable bonds is 3. The summed E-state index contributed by atoms with van der Waals surface area (Å²) in [6.45, 7) is 1.29. The molecule has 1 aromatic rings. The number of aliphatic hydroxyl groups is 1. The van der Waals surface area contributed by atoms with Crippen LogP contribution in [0.3, 0.4) is 0 Å². The first-order chi connectivity index (χ1) is 8.70. The van der Waals surface area contributed by atoms with Crippen LogP contribution in [0.25, 0.3) is 0 Å². The van der Waals surface area contributed by atoms with Crippen LogP contribution in [0.2, 0.25) is 0 Å². The highest BCUT2D eigenvalue weighted by Crippen LogP contribution is 2.28. The van der Waals surface area contributed by atoms with Crippen LogP contribution in [0.1, 0.15) is 12.0 Å². The Balaban J connectivity index is 2.04. The highest BCUT2D eigenvalue weighted by Gasteiger charge is 2.14. The van der Waals surface area contributed by atoms with E-state index in [1.165, 1.54) is 11.3 Å². The minimum Gasteiger partial charge on any atom is -0.395 e. The first kappa shape index (κ1) is 12.7. The number of aliphatic hydroxyl groups excluding tert-OH is 1. The van der Waals surface area contributed by atoms with Crippen molar-refractivity contribution in [3.05, 3.63) is 23.8 Å². The molecule has 2 rings (SSSR count).